The van der Waals surface area contributed by atoms with Crippen molar-refractivity contribution in [2.45, 2.75) is 127 Å². The molecular weight excluding hydrogens is 785 g/mol. The summed E-state index contributed by atoms with van der Waals surface area (Å²) in [4.78, 5) is 12.3. The Labute approximate surface area is 294 Å². The molecule has 2 aliphatic heterocycles. The minimum atomic E-state index is -2.53. The van der Waals surface area contributed by atoms with Crippen LogP contribution in [0, 0.1) is 0 Å². The van der Waals surface area contributed by atoms with Crippen LogP contribution in [0.5, 0.6) is 0 Å². The van der Waals surface area contributed by atoms with Gasteiger partial charge >= 0.3 is 5.97 Å². The summed E-state index contributed by atoms with van der Waals surface area (Å²) in [5.41, 5.74) is 5.45. The predicted octanol–water partition coefficient (Wildman–Crippen LogP) is -7.46. The molecule has 2 rings (SSSR count). The Hall–Kier alpha value is -0.560. The van der Waals surface area contributed by atoms with Gasteiger partial charge in [-0.05, 0) is 25.8 Å². The van der Waals surface area contributed by atoms with E-state index in [0.29, 0.717) is 25.8 Å². The highest BCUT2D eigenvalue weighted by Gasteiger charge is 2.57. The highest BCUT2D eigenvalue weighted by atomic mass is 127. The predicted molar refractivity (Wildman–Crippen MR) is 166 cm³/mol. The van der Waals surface area contributed by atoms with Gasteiger partial charge in [-0.2, -0.15) is 0 Å². The molecule has 290 valence electrons. The Balaban J connectivity index is 2.34. The second-order valence-electron chi connectivity index (χ2n) is 11.8. The lowest BCUT2D eigenvalue weighted by Crippen LogP contribution is -2.67. The van der Waals surface area contributed by atoms with Crippen LogP contribution >= 0.6 is 22.6 Å². The molecule has 0 spiro atoms. The van der Waals surface area contributed by atoms with Crippen LogP contribution in [-0.4, -0.2) is 212 Å². The first-order chi connectivity index (χ1) is 23.0. The molecule has 5 unspecified atom stereocenters. The van der Waals surface area contributed by atoms with E-state index >= 15 is 0 Å². The number of aliphatic hydroxyl groups excluding tert-OH is 13. The lowest BCUT2D eigenvalue weighted by molar-refractivity contribution is -0.378. The average molecular weight is 836 g/mol. The number of rotatable bonds is 21. The highest BCUT2D eigenvalue weighted by Crippen LogP contribution is 2.37. The summed E-state index contributed by atoms with van der Waals surface area (Å²) in [6.45, 7) is -2.67. The molecule has 0 aromatic heterocycles. The summed E-state index contributed by atoms with van der Waals surface area (Å²) >= 11 is 1.47. The standard InChI is InChI=1S/C27H50INO20/c28-14(11(34)7-30)15(37)16(38)17(39)24(42)46-23-18(40)20(12(35)8-31)47-25(19(23)41)48-21-10(33)6-27(26(43)44,45-5-3-1-2-4-29)49-22(21)13(36)9-32/h10-25,30-42H,1-9,29H2,(H,43,44)/t10-,11+,12+,13-,14+,15-,16?,17?,18-,19-,20?,21-,22?,23?,24-,25-,27-/m1/s1. The van der Waals surface area contributed by atoms with E-state index in [-0.39, 0.29) is 6.61 Å². The van der Waals surface area contributed by atoms with Crippen molar-refractivity contribution in [3.63, 3.8) is 0 Å². The molecule has 0 radical (unpaired) electrons. The minimum Gasteiger partial charge on any atom is -0.477 e. The van der Waals surface area contributed by atoms with E-state index in [0.717, 1.165) is 0 Å². The zero-order valence-electron chi connectivity index (χ0n) is 26.3. The third-order valence-electron chi connectivity index (χ3n) is 8.19. The molecule has 17 atom stereocenters. The molecule has 2 saturated heterocycles. The number of nitrogens with two attached hydrogens (primary N) is 1. The zero-order chi connectivity index (χ0) is 37.2. The summed E-state index contributed by atoms with van der Waals surface area (Å²) in [6.07, 6.45) is -29.6. The van der Waals surface area contributed by atoms with E-state index in [1.807, 2.05) is 0 Å². The van der Waals surface area contributed by atoms with Crippen molar-refractivity contribution in [2.75, 3.05) is 33.0 Å². The third kappa shape index (κ3) is 11.2. The number of carboxylic acids is 1. The Morgan fingerprint density at radius 1 is 0.837 bits per heavy atom. The van der Waals surface area contributed by atoms with E-state index in [1.54, 1.807) is 0 Å². The molecule has 0 aromatic carbocycles. The number of carboxylic acid groups (broad SMARTS) is 1. The van der Waals surface area contributed by atoms with Crippen molar-refractivity contribution in [3.05, 3.63) is 0 Å². The highest BCUT2D eigenvalue weighted by molar-refractivity contribution is 14.1. The lowest BCUT2D eigenvalue weighted by Gasteiger charge is -2.49. The first-order valence-electron chi connectivity index (χ1n) is 15.5. The van der Waals surface area contributed by atoms with Gasteiger partial charge < -0.3 is 101 Å². The van der Waals surface area contributed by atoms with Gasteiger partial charge in [0.15, 0.2) is 12.6 Å². The summed E-state index contributed by atoms with van der Waals surface area (Å²) in [5.74, 6) is -4.21. The van der Waals surface area contributed by atoms with Crippen LogP contribution in [0.15, 0.2) is 0 Å². The van der Waals surface area contributed by atoms with Gasteiger partial charge in [-0.3, -0.25) is 0 Å². The van der Waals surface area contributed by atoms with E-state index < -0.39 is 134 Å². The quantitative estimate of drug-likeness (QED) is 0.0221. The Morgan fingerprint density at radius 2 is 1.45 bits per heavy atom. The summed E-state index contributed by atoms with van der Waals surface area (Å²) in [6, 6.07) is 0. The van der Waals surface area contributed by atoms with Crippen molar-refractivity contribution in [3.8, 4) is 0 Å². The van der Waals surface area contributed by atoms with Crippen molar-refractivity contribution in [1.82, 2.24) is 0 Å². The number of carbonyl (C=O) groups is 1. The summed E-state index contributed by atoms with van der Waals surface area (Å²) in [5, 5.41) is 144. The molecule has 16 N–H and O–H groups in total. The first-order valence-corrected chi connectivity index (χ1v) is 16.7. The van der Waals surface area contributed by atoms with Crippen molar-refractivity contribution >= 4 is 28.6 Å². The van der Waals surface area contributed by atoms with Gasteiger partial charge in [0.25, 0.3) is 5.79 Å². The second kappa shape index (κ2) is 20.6. The summed E-state index contributed by atoms with van der Waals surface area (Å²) in [7, 11) is 0. The van der Waals surface area contributed by atoms with E-state index in [4.69, 9.17) is 34.5 Å². The van der Waals surface area contributed by atoms with Crippen LogP contribution in [0.4, 0.5) is 0 Å². The van der Waals surface area contributed by atoms with Gasteiger partial charge in [-0.1, -0.05) is 22.6 Å². The smallest absolute Gasteiger partial charge is 0.364 e. The van der Waals surface area contributed by atoms with Crippen LogP contribution in [-0.2, 0) is 28.5 Å². The van der Waals surface area contributed by atoms with Crippen LogP contribution in [0.2, 0.25) is 0 Å². The monoisotopic (exact) mass is 835 g/mol. The van der Waals surface area contributed by atoms with Gasteiger partial charge in [-0.15, -0.1) is 0 Å². The molecule has 0 amide bonds. The number of halogens is 1. The maximum absolute atomic E-state index is 12.3. The number of hydrogen-bond acceptors (Lipinski definition) is 20. The number of aliphatic carboxylic acids is 1. The molecule has 0 aliphatic carbocycles. The molecule has 0 saturated carbocycles. The van der Waals surface area contributed by atoms with Crippen LogP contribution in [0.25, 0.3) is 0 Å². The molecule has 21 nitrogen and oxygen atoms in total. The van der Waals surface area contributed by atoms with Gasteiger partial charge in [0, 0.05) is 6.42 Å². The lowest BCUT2D eigenvalue weighted by atomic mass is 9.91. The van der Waals surface area contributed by atoms with Crippen molar-refractivity contribution in [2.24, 2.45) is 5.73 Å². The van der Waals surface area contributed by atoms with Crippen LogP contribution in [0.3, 0.4) is 0 Å². The van der Waals surface area contributed by atoms with Crippen molar-refractivity contribution in [1.29, 1.82) is 0 Å². The number of alkyl halides is 1. The first kappa shape index (κ1) is 44.6. The van der Waals surface area contributed by atoms with Crippen LogP contribution < -0.4 is 5.73 Å². The SMILES string of the molecule is NCCCCCO[C@]1(C(=O)O)C[C@@H](O)[C@@H](O[C@H]2OC([C@@H](O)CO)[C@@H](O)C(O[C@@H](O)C(O)C(O)[C@H](O)[C@@H](I)[C@@H](O)CO)[C@H]2O)C([C@H](O)CO)O1. The molecule has 49 heavy (non-hydrogen) atoms. The molecule has 2 aliphatic rings. The Bertz CT molecular complexity index is 975. The average Bonchev–Trinajstić information content (AvgIpc) is 3.09. The number of hydrogen-bond donors (Lipinski definition) is 15. The van der Waals surface area contributed by atoms with E-state index in [1.165, 1.54) is 22.6 Å². The van der Waals surface area contributed by atoms with Crippen LogP contribution in [0.1, 0.15) is 25.7 Å². The Morgan fingerprint density at radius 3 is 2.00 bits per heavy atom. The number of aliphatic hydroxyl groups is 13. The van der Waals surface area contributed by atoms with Gasteiger partial charge in [0.2, 0.25) is 0 Å². The molecule has 0 bridgehead atoms. The van der Waals surface area contributed by atoms with Gasteiger partial charge in [-0.25, -0.2) is 4.79 Å². The topological polar surface area (TPSA) is 372 Å². The molecule has 2 heterocycles. The zero-order valence-corrected chi connectivity index (χ0v) is 28.4. The minimum absolute atomic E-state index is 0.158. The molecule has 2 fully saturated rings. The van der Waals surface area contributed by atoms with Gasteiger partial charge in [0.1, 0.15) is 61.0 Å². The Kier molecular flexibility index (Phi) is 18.8. The molecule has 0 aromatic rings. The fourth-order valence-electron chi connectivity index (χ4n) is 5.31. The number of unbranched alkanes of at least 4 members (excludes halogenated alkanes) is 2. The van der Waals surface area contributed by atoms with E-state index in [9.17, 15) is 71.2 Å². The van der Waals surface area contributed by atoms with Crippen molar-refractivity contribution < 1.29 is 100.0 Å². The third-order valence-corrected chi connectivity index (χ3v) is 9.76. The fraction of sp³-hybridized carbons (Fsp3) is 0.963. The maximum atomic E-state index is 12.3. The second-order valence-corrected chi connectivity index (χ2v) is 13.3. The fourth-order valence-corrected chi connectivity index (χ4v) is 5.96. The summed E-state index contributed by atoms with van der Waals surface area (Å²) < 4.78 is 26.1. The van der Waals surface area contributed by atoms with Gasteiger partial charge in [0.05, 0.1) is 48.7 Å². The normalized spacial score (nSPS) is 35.9. The maximum Gasteiger partial charge on any atom is 0.364 e. The van der Waals surface area contributed by atoms with E-state index in [2.05, 4.69) is 0 Å². The molecular formula is C27H50INO20. The number of ether oxygens (including phenoxy) is 5. The molecule has 22 heteroatoms. The largest absolute Gasteiger partial charge is 0.477 e.